The van der Waals surface area contributed by atoms with Gasteiger partial charge in [0.05, 0.1) is 11.9 Å². The van der Waals surface area contributed by atoms with Crippen LogP contribution in [-0.2, 0) is 0 Å². The van der Waals surface area contributed by atoms with E-state index in [1.165, 1.54) is 6.08 Å². The minimum Gasteiger partial charge on any atom is -0.513 e. The summed E-state index contributed by atoms with van der Waals surface area (Å²) in [7, 11) is 0. The third-order valence-electron chi connectivity index (χ3n) is 0.727. The van der Waals surface area contributed by atoms with Gasteiger partial charge in [-0.05, 0) is 19.9 Å². The molecule has 0 aliphatic carbocycles. The molecule has 1 unspecified atom stereocenters. The maximum atomic E-state index is 8.67. The first kappa shape index (κ1) is 8.24. The molecule has 0 fully saturated rings. The molecule has 2 nitrogen and oxygen atoms in total. The molecule has 2 N–H and O–H groups in total. The Labute approximate surface area is 55.1 Å². The van der Waals surface area contributed by atoms with Crippen molar-refractivity contribution >= 4 is 0 Å². The lowest BCUT2D eigenvalue weighted by Crippen LogP contribution is -1.90. The lowest BCUT2D eigenvalue weighted by molar-refractivity contribution is 0.244. The Morgan fingerprint density at radius 3 is 2.44 bits per heavy atom. The van der Waals surface area contributed by atoms with Crippen molar-refractivity contribution in [3.05, 3.63) is 24.0 Å². The van der Waals surface area contributed by atoms with Gasteiger partial charge >= 0.3 is 0 Å². The Morgan fingerprint density at radius 2 is 2.11 bits per heavy atom. The van der Waals surface area contributed by atoms with E-state index in [2.05, 4.69) is 0 Å². The lowest BCUT2D eigenvalue weighted by Gasteiger charge is -1.89. The molecule has 0 radical (unpaired) electrons. The highest BCUT2D eigenvalue weighted by Crippen LogP contribution is 1.87. The van der Waals surface area contributed by atoms with E-state index < -0.39 is 6.10 Å². The van der Waals surface area contributed by atoms with Crippen LogP contribution in [0.15, 0.2) is 24.0 Å². The summed E-state index contributed by atoms with van der Waals surface area (Å²) in [4.78, 5) is 0. The molecule has 0 aromatic heterocycles. The number of hydrogen-bond donors (Lipinski definition) is 2. The van der Waals surface area contributed by atoms with Crippen LogP contribution in [0.25, 0.3) is 0 Å². The second kappa shape index (κ2) is 4.15. The van der Waals surface area contributed by atoms with Crippen LogP contribution in [0.3, 0.4) is 0 Å². The maximum absolute atomic E-state index is 8.67. The van der Waals surface area contributed by atoms with E-state index in [0.29, 0.717) is 0 Å². The van der Waals surface area contributed by atoms with Gasteiger partial charge in [-0.1, -0.05) is 12.2 Å². The molecule has 0 saturated carbocycles. The molecule has 0 aromatic carbocycles. The van der Waals surface area contributed by atoms with Gasteiger partial charge in [-0.2, -0.15) is 0 Å². The van der Waals surface area contributed by atoms with Gasteiger partial charge in [-0.3, -0.25) is 0 Å². The summed E-state index contributed by atoms with van der Waals surface area (Å²) in [5.74, 6) is 0.243. The average Bonchev–Trinajstić information content (AvgIpc) is 1.63. The van der Waals surface area contributed by atoms with Crippen molar-refractivity contribution in [2.45, 2.75) is 20.0 Å². The molecule has 52 valence electrons. The second-order valence-corrected chi connectivity index (χ2v) is 1.93. The molecular weight excluding hydrogens is 116 g/mol. The van der Waals surface area contributed by atoms with Gasteiger partial charge in [-0.25, -0.2) is 0 Å². The van der Waals surface area contributed by atoms with Gasteiger partial charge in [0.15, 0.2) is 0 Å². The van der Waals surface area contributed by atoms with Crippen molar-refractivity contribution in [3.63, 3.8) is 0 Å². The van der Waals surface area contributed by atoms with Crippen molar-refractivity contribution in [2.24, 2.45) is 0 Å². The number of aliphatic hydroxyl groups excluding tert-OH is 2. The fraction of sp³-hybridized carbons (Fsp3) is 0.429. The minimum absolute atomic E-state index is 0.243. The van der Waals surface area contributed by atoms with Gasteiger partial charge in [0.1, 0.15) is 0 Å². The van der Waals surface area contributed by atoms with E-state index in [1.807, 2.05) is 0 Å². The molecule has 0 aliphatic rings. The van der Waals surface area contributed by atoms with Crippen molar-refractivity contribution in [3.8, 4) is 0 Å². The van der Waals surface area contributed by atoms with E-state index in [4.69, 9.17) is 10.2 Å². The second-order valence-electron chi connectivity index (χ2n) is 1.93. The van der Waals surface area contributed by atoms with E-state index in [1.54, 1.807) is 26.0 Å². The predicted octanol–water partition coefficient (Wildman–Crippen LogP) is 1.39. The van der Waals surface area contributed by atoms with Crippen molar-refractivity contribution < 1.29 is 10.2 Å². The van der Waals surface area contributed by atoms with Gasteiger partial charge in [0, 0.05) is 0 Å². The van der Waals surface area contributed by atoms with E-state index in [-0.39, 0.29) is 5.76 Å². The molecule has 2 heteroatoms. The van der Waals surface area contributed by atoms with Crippen LogP contribution >= 0.6 is 0 Å². The van der Waals surface area contributed by atoms with Gasteiger partial charge in [0.25, 0.3) is 0 Å². The molecule has 0 rings (SSSR count). The van der Waals surface area contributed by atoms with Crippen LogP contribution in [0, 0.1) is 0 Å². The molecule has 0 amide bonds. The summed E-state index contributed by atoms with van der Waals surface area (Å²) >= 11 is 0. The monoisotopic (exact) mass is 128 g/mol. The van der Waals surface area contributed by atoms with E-state index in [0.717, 1.165) is 0 Å². The SMILES string of the molecule is CC(O)=CC=CC(C)O. The fourth-order valence-electron chi connectivity index (χ4n) is 0.356. The standard InChI is InChI=1S/C7H12O2/c1-6(8)4-3-5-7(2)9/h3-6,8-9H,1-2H3. The quantitative estimate of drug-likeness (QED) is 0.435. The molecule has 0 aromatic rings. The lowest BCUT2D eigenvalue weighted by atomic mass is 10.3. The largest absolute Gasteiger partial charge is 0.513 e. The Morgan fingerprint density at radius 1 is 1.56 bits per heavy atom. The first-order chi connectivity index (χ1) is 4.13. The molecule has 0 bridgehead atoms. The molecule has 0 heterocycles. The van der Waals surface area contributed by atoms with Crippen molar-refractivity contribution in [1.29, 1.82) is 0 Å². The smallest absolute Gasteiger partial charge is 0.0891 e. The fourth-order valence-corrected chi connectivity index (χ4v) is 0.356. The van der Waals surface area contributed by atoms with E-state index >= 15 is 0 Å². The van der Waals surface area contributed by atoms with Gasteiger partial charge in [-0.15, -0.1) is 0 Å². The summed E-state index contributed by atoms with van der Waals surface area (Å²) in [6.45, 7) is 3.23. The highest BCUT2D eigenvalue weighted by Gasteiger charge is 1.81. The first-order valence-corrected chi connectivity index (χ1v) is 2.85. The molecule has 1 atom stereocenters. The minimum atomic E-state index is -0.444. The van der Waals surface area contributed by atoms with Crippen LogP contribution in [0.5, 0.6) is 0 Å². The van der Waals surface area contributed by atoms with E-state index in [9.17, 15) is 0 Å². The molecule has 0 saturated heterocycles. The van der Waals surface area contributed by atoms with Crippen molar-refractivity contribution in [1.82, 2.24) is 0 Å². The summed E-state index contributed by atoms with van der Waals surface area (Å²) in [5, 5.41) is 17.3. The highest BCUT2D eigenvalue weighted by molar-refractivity contribution is 5.06. The van der Waals surface area contributed by atoms with Crippen LogP contribution in [0.1, 0.15) is 13.8 Å². The molecule has 0 aliphatic heterocycles. The molecule has 9 heavy (non-hydrogen) atoms. The first-order valence-electron chi connectivity index (χ1n) is 2.85. The van der Waals surface area contributed by atoms with Gasteiger partial charge < -0.3 is 10.2 Å². The number of aliphatic hydroxyl groups is 2. The van der Waals surface area contributed by atoms with Crippen LogP contribution in [-0.4, -0.2) is 16.3 Å². The zero-order chi connectivity index (χ0) is 7.28. The number of rotatable bonds is 2. The Balaban J connectivity index is 3.60. The Kier molecular flexibility index (Phi) is 3.80. The highest BCUT2D eigenvalue weighted by atomic mass is 16.3. The maximum Gasteiger partial charge on any atom is 0.0891 e. The Bertz CT molecular complexity index is 119. The summed E-state index contributed by atoms with van der Waals surface area (Å²) in [5.41, 5.74) is 0. The van der Waals surface area contributed by atoms with Crippen molar-refractivity contribution in [2.75, 3.05) is 0 Å². The topological polar surface area (TPSA) is 40.5 Å². The van der Waals surface area contributed by atoms with Crippen LogP contribution in [0.4, 0.5) is 0 Å². The molecule has 0 spiro atoms. The normalized spacial score (nSPS) is 16.6. The van der Waals surface area contributed by atoms with Crippen LogP contribution in [0.2, 0.25) is 0 Å². The summed E-state index contributed by atoms with van der Waals surface area (Å²) < 4.78 is 0. The van der Waals surface area contributed by atoms with Crippen LogP contribution < -0.4 is 0 Å². The number of hydrogen-bond acceptors (Lipinski definition) is 2. The third kappa shape index (κ3) is 7.24. The molecular formula is C7H12O2. The zero-order valence-electron chi connectivity index (χ0n) is 5.70. The number of allylic oxidation sites excluding steroid dienone is 3. The third-order valence-corrected chi connectivity index (χ3v) is 0.727. The zero-order valence-corrected chi connectivity index (χ0v) is 5.70. The summed E-state index contributed by atoms with van der Waals surface area (Å²) in [6, 6.07) is 0. The summed E-state index contributed by atoms with van der Waals surface area (Å²) in [6.07, 6.45) is 4.27. The predicted molar refractivity (Wildman–Crippen MR) is 37.2 cm³/mol. The average molecular weight is 128 g/mol. The van der Waals surface area contributed by atoms with Gasteiger partial charge in [0.2, 0.25) is 0 Å². The Hall–Kier alpha value is -0.760.